The number of nitrogens with zero attached hydrogens (tertiary/aromatic N) is 1. The summed E-state index contributed by atoms with van der Waals surface area (Å²) in [5.41, 5.74) is -0.513. The molecule has 0 unspecified atom stereocenters. The third-order valence-electron chi connectivity index (χ3n) is 1.81. The average Bonchev–Trinajstić information content (AvgIpc) is 2.09. The monoisotopic (exact) mass is 231 g/mol. The SMILES string of the molecule is CS(=O)(=O)c1ccc(F)c(CC#N)c1F. The minimum absolute atomic E-state index is 0.499. The first-order valence-corrected chi connectivity index (χ1v) is 5.81. The highest BCUT2D eigenvalue weighted by molar-refractivity contribution is 7.90. The second-order valence-corrected chi connectivity index (χ2v) is 4.93. The van der Waals surface area contributed by atoms with E-state index in [2.05, 4.69) is 0 Å². The van der Waals surface area contributed by atoms with E-state index in [9.17, 15) is 17.2 Å². The molecule has 0 amide bonds. The maximum absolute atomic E-state index is 13.4. The van der Waals surface area contributed by atoms with Crippen LogP contribution in [0.3, 0.4) is 0 Å². The Kier molecular flexibility index (Phi) is 3.05. The molecule has 0 atom stereocenters. The first kappa shape index (κ1) is 11.6. The molecule has 3 nitrogen and oxygen atoms in total. The number of hydrogen-bond acceptors (Lipinski definition) is 3. The van der Waals surface area contributed by atoms with Gasteiger partial charge in [-0.2, -0.15) is 5.26 Å². The number of rotatable bonds is 2. The molecule has 0 bridgehead atoms. The molecular weight excluding hydrogens is 224 g/mol. The highest BCUT2D eigenvalue weighted by Crippen LogP contribution is 2.21. The molecule has 0 N–H and O–H groups in total. The maximum Gasteiger partial charge on any atom is 0.178 e. The number of halogens is 2. The zero-order chi connectivity index (χ0) is 11.6. The molecule has 0 aliphatic heterocycles. The van der Waals surface area contributed by atoms with Crippen LogP contribution in [0.4, 0.5) is 8.78 Å². The van der Waals surface area contributed by atoms with Gasteiger partial charge in [0.1, 0.15) is 16.5 Å². The van der Waals surface area contributed by atoms with Gasteiger partial charge in [0.25, 0.3) is 0 Å². The van der Waals surface area contributed by atoms with Crippen LogP contribution in [0.1, 0.15) is 5.56 Å². The van der Waals surface area contributed by atoms with Crippen molar-refractivity contribution < 1.29 is 17.2 Å². The fourth-order valence-corrected chi connectivity index (χ4v) is 1.87. The van der Waals surface area contributed by atoms with Gasteiger partial charge in [0.15, 0.2) is 9.84 Å². The molecule has 80 valence electrons. The summed E-state index contributed by atoms with van der Waals surface area (Å²) in [6.07, 6.45) is 0.320. The Labute approximate surface area is 85.9 Å². The van der Waals surface area contributed by atoms with E-state index in [0.717, 1.165) is 18.4 Å². The van der Waals surface area contributed by atoms with Crippen LogP contribution in [0.25, 0.3) is 0 Å². The molecule has 1 aromatic carbocycles. The maximum atomic E-state index is 13.4. The lowest BCUT2D eigenvalue weighted by Gasteiger charge is -2.05. The van der Waals surface area contributed by atoms with E-state index in [-0.39, 0.29) is 0 Å². The summed E-state index contributed by atoms with van der Waals surface area (Å²) in [6.45, 7) is 0. The second kappa shape index (κ2) is 3.95. The van der Waals surface area contributed by atoms with E-state index in [1.165, 1.54) is 0 Å². The first-order chi connectivity index (χ1) is 6.88. The van der Waals surface area contributed by atoms with E-state index < -0.39 is 38.4 Å². The van der Waals surface area contributed by atoms with E-state index >= 15 is 0 Å². The highest BCUT2D eigenvalue weighted by Gasteiger charge is 2.19. The summed E-state index contributed by atoms with van der Waals surface area (Å²) < 4.78 is 48.6. The minimum atomic E-state index is -3.74. The summed E-state index contributed by atoms with van der Waals surface area (Å²) in [5, 5.41) is 8.33. The number of benzene rings is 1. The van der Waals surface area contributed by atoms with Gasteiger partial charge in [-0.15, -0.1) is 0 Å². The van der Waals surface area contributed by atoms with Crippen LogP contribution in [-0.2, 0) is 16.3 Å². The van der Waals surface area contributed by atoms with Crippen molar-refractivity contribution in [1.82, 2.24) is 0 Å². The average molecular weight is 231 g/mol. The molecule has 0 aliphatic rings. The fraction of sp³-hybridized carbons (Fsp3) is 0.222. The third kappa shape index (κ3) is 2.30. The predicted octanol–water partition coefficient (Wildman–Crippen LogP) is 1.43. The van der Waals surface area contributed by atoms with Crippen molar-refractivity contribution in [3.63, 3.8) is 0 Å². The van der Waals surface area contributed by atoms with E-state index in [1.807, 2.05) is 0 Å². The van der Waals surface area contributed by atoms with E-state index in [4.69, 9.17) is 5.26 Å². The summed E-state index contributed by atoms with van der Waals surface area (Å²) >= 11 is 0. The van der Waals surface area contributed by atoms with Crippen molar-refractivity contribution in [3.05, 3.63) is 29.3 Å². The minimum Gasteiger partial charge on any atom is -0.224 e. The van der Waals surface area contributed by atoms with Gasteiger partial charge in [-0.3, -0.25) is 0 Å². The normalized spacial score (nSPS) is 11.1. The number of hydrogen-bond donors (Lipinski definition) is 0. The number of sulfone groups is 1. The Morgan fingerprint density at radius 1 is 1.40 bits per heavy atom. The molecule has 0 heterocycles. The first-order valence-electron chi connectivity index (χ1n) is 3.92. The van der Waals surface area contributed by atoms with Gasteiger partial charge in [0.05, 0.1) is 12.5 Å². The largest absolute Gasteiger partial charge is 0.224 e. The molecule has 0 spiro atoms. The van der Waals surface area contributed by atoms with Gasteiger partial charge in [-0.1, -0.05) is 0 Å². The molecule has 6 heteroatoms. The molecule has 0 fully saturated rings. The Morgan fingerprint density at radius 3 is 2.47 bits per heavy atom. The molecular formula is C9H7F2NO2S. The van der Waals surface area contributed by atoms with Crippen LogP contribution in [-0.4, -0.2) is 14.7 Å². The van der Waals surface area contributed by atoms with Crippen molar-refractivity contribution >= 4 is 9.84 Å². The zero-order valence-corrected chi connectivity index (χ0v) is 8.61. The molecule has 1 rings (SSSR count). The van der Waals surface area contributed by atoms with Crippen LogP contribution in [0.5, 0.6) is 0 Å². The summed E-state index contributed by atoms with van der Waals surface area (Å²) in [5.74, 6) is -2.10. The van der Waals surface area contributed by atoms with Crippen molar-refractivity contribution in [1.29, 1.82) is 5.26 Å². The zero-order valence-electron chi connectivity index (χ0n) is 7.79. The lowest BCUT2D eigenvalue weighted by atomic mass is 10.1. The summed E-state index contributed by atoms with van der Waals surface area (Å²) in [4.78, 5) is -0.589. The van der Waals surface area contributed by atoms with Crippen LogP contribution in [0.2, 0.25) is 0 Å². The number of nitriles is 1. The topological polar surface area (TPSA) is 57.9 Å². The third-order valence-corrected chi connectivity index (χ3v) is 2.92. The Balaban J connectivity index is 3.50. The Hall–Kier alpha value is -1.48. The van der Waals surface area contributed by atoms with Gasteiger partial charge in [0.2, 0.25) is 0 Å². The Morgan fingerprint density at radius 2 is 2.00 bits per heavy atom. The van der Waals surface area contributed by atoms with Crippen molar-refractivity contribution in [2.24, 2.45) is 0 Å². The van der Waals surface area contributed by atoms with Gasteiger partial charge < -0.3 is 0 Å². The van der Waals surface area contributed by atoms with Crippen molar-refractivity contribution in [2.75, 3.05) is 6.26 Å². The van der Waals surface area contributed by atoms with Crippen molar-refractivity contribution in [3.8, 4) is 6.07 Å². The molecule has 0 radical (unpaired) electrons. The predicted molar refractivity (Wildman–Crippen MR) is 48.8 cm³/mol. The molecule has 0 aromatic heterocycles. The van der Waals surface area contributed by atoms with Gasteiger partial charge in [-0.05, 0) is 12.1 Å². The summed E-state index contributed by atoms with van der Waals surface area (Å²) in [6, 6.07) is 3.26. The van der Waals surface area contributed by atoms with Crippen molar-refractivity contribution in [2.45, 2.75) is 11.3 Å². The molecule has 1 aromatic rings. The fourth-order valence-electron chi connectivity index (χ4n) is 1.10. The lowest BCUT2D eigenvalue weighted by molar-refractivity contribution is 0.535. The molecule has 0 saturated carbocycles. The summed E-state index contributed by atoms with van der Waals surface area (Å²) in [7, 11) is -3.74. The van der Waals surface area contributed by atoms with Crippen LogP contribution >= 0.6 is 0 Å². The second-order valence-electron chi connectivity index (χ2n) is 2.95. The quantitative estimate of drug-likeness (QED) is 0.723. The van der Waals surface area contributed by atoms with Crippen LogP contribution < -0.4 is 0 Å². The van der Waals surface area contributed by atoms with Gasteiger partial charge >= 0.3 is 0 Å². The van der Waals surface area contributed by atoms with Crippen LogP contribution in [0.15, 0.2) is 17.0 Å². The van der Waals surface area contributed by atoms with Gasteiger partial charge in [0, 0.05) is 11.8 Å². The van der Waals surface area contributed by atoms with E-state index in [0.29, 0.717) is 0 Å². The molecule has 0 saturated heterocycles. The van der Waals surface area contributed by atoms with Gasteiger partial charge in [-0.25, -0.2) is 17.2 Å². The van der Waals surface area contributed by atoms with Crippen LogP contribution in [0, 0.1) is 23.0 Å². The smallest absolute Gasteiger partial charge is 0.178 e. The molecule has 15 heavy (non-hydrogen) atoms. The standard InChI is InChI=1S/C9H7F2NO2S/c1-15(13,14)8-3-2-7(10)6(4-5-12)9(8)11/h2-3H,4H2,1H3. The Bertz CT molecular complexity index is 532. The lowest BCUT2D eigenvalue weighted by Crippen LogP contribution is -2.05. The molecule has 0 aliphatic carbocycles. The van der Waals surface area contributed by atoms with E-state index in [1.54, 1.807) is 6.07 Å². The highest BCUT2D eigenvalue weighted by atomic mass is 32.2.